The van der Waals surface area contributed by atoms with Crippen LogP contribution in [0.5, 0.6) is 0 Å². The van der Waals surface area contributed by atoms with E-state index in [1.54, 1.807) is 42.5 Å². The molecule has 0 amide bonds. The highest BCUT2D eigenvalue weighted by Crippen LogP contribution is 2.23. The summed E-state index contributed by atoms with van der Waals surface area (Å²) in [4.78, 5) is 0.219. The van der Waals surface area contributed by atoms with Crippen molar-refractivity contribution in [2.75, 3.05) is 11.3 Å². The maximum absolute atomic E-state index is 12.4. The molecule has 3 aromatic rings. The van der Waals surface area contributed by atoms with Crippen molar-refractivity contribution in [1.82, 2.24) is 14.8 Å². The summed E-state index contributed by atoms with van der Waals surface area (Å²) in [6, 6.07) is 15.3. The zero-order valence-corrected chi connectivity index (χ0v) is 16.7. The third kappa shape index (κ3) is 4.01. The van der Waals surface area contributed by atoms with Crippen LogP contribution in [-0.2, 0) is 21.3 Å². The minimum Gasteiger partial charge on any atom is -0.376 e. The Morgan fingerprint density at radius 3 is 2.61 bits per heavy atom. The number of nitrogens with one attached hydrogen (secondary N) is 2. The molecule has 28 heavy (non-hydrogen) atoms. The number of aromatic amines is 1. The predicted molar refractivity (Wildman–Crippen MR) is 109 cm³/mol. The first-order valence-corrected chi connectivity index (χ1v) is 10.9. The molecular weight excluding hydrogens is 396 g/mol. The lowest BCUT2D eigenvalue weighted by atomic mass is 10.2. The molecule has 9 heteroatoms. The van der Waals surface area contributed by atoms with E-state index in [0.717, 1.165) is 25.0 Å². The number of nitrogens with zero attached hydrogens (tertiary/aromatic N) is 2. The number of hydrogen-bond donors (Lipinski definition) is 2. The summed E-state index contributed by atoms with van der Waals surface area (Å²) >= 11 is 5.36. The first kappa shape index (κ1) is 18.9. The molecule has 1 aromatic heterocycles. The third-order valence-electron chi connectivity index (χ3n) is 4.62. The molecule has 1 atom stereocenters. The number of sulfonamides is 1. The number of anilines is 1. The quantitative estimate of drug-likeness (QED) is 0.600. The van der Waals surface area contributed by atoms with Crippen molar-refractivity contribution in [2.45, 2.75) is 30.4 Å². The number of aromatic nitrogens is 3. The van der Waals surface area contributed by atoms with Crippen LogP contribution in [0.25, 0.3) is 11.4 Å². The van der Waals surface area contributed by atoms with Crippen LogP contribution in [0.2, 0.25) is 0 Å². The fourth-order valence-corrected chi connectivity index (χ4v) is 4.49. The predicted octanol–water partition coefficient (Wildman–Crippen LogP) is 3.59. The average Bonchev–Trinajstić information content (AvgIpc) is 3.34. The molecule has 1 aliphatic heterocycles. The van der Waals surface area contributed by atoms with Gasteiger partial charge in [0.25, 0.3) is 10.0 Å². The van der Waals surface area contributed by atoms with Gasteiger partial charge in [0.05, 0.1) is 17.5 Å². The molecule has 0 saturated carbocycles. The van der Waals surface area contributed by atoms with Gasteiger partial charge in [0.2, 0.25) is 0 Å². The second kappa shape index (κ2) is 7.86. The van der Waals surface area contributed by atoms with E-state index in [9.17, 15) is 8.42 Å². The van der Waals surface area contributed by atoms with Gasteiger partial charge >= 0.3 is 0 Å². The van der Waals surface area contributed by atoms with Gasteiger partial charge in [-0.25, -0.2) is 8.42 Å². The van der Waals surface area contributed by atoms with Crippen molar-refractivity contribution in [3.63, 3.8) is 0 Å². The average molecular weight is 417 g/mol. The van der Waals surface area contributed by atoms with E-state index < -0.39 is 10.0 Å². The van der Waals surface area contributed by atoms with Crippen molar-refractivity contribution in [3.8, 4) is 11.4 Å². The van der Waals surface area contributed by atoms with Crippen LogP contribution in [0, 0.1) is 4.77 Å². The second-order valence-corrected chi connectivity index (χ2v) is 8.66. The lowest BCUT2D eigenvalue weighted by Gasteiger charge is -2.13. The molecule has 4 rings (SSSR count). The van der Waals surface area contributed by atoms with Crippen LogP contribution in [0.3, 0.4) is 0 Å². The van der Waals surface area contributed by atoms with E-state index in [1.807, 2.05) is 16.7 Å². The summed E-state index contributed by atoms with van der Waals surface area (Å²) in [7, 11) is -3.62. The topological polar surface area (TPSA) is 89.0 Å². The zero-order chi connectivity index (χ0) is 19.6. The molecule has 0 aliphatic carbocycles. The van der Waals surface area contributed by atoms with E-state index in [4.69, 9.17) is 17.0 Å². The van der Waals surface area contributed by atoms with Crippen LogP contribution in [-0.4, -0.2) is 35.9 Å². The molecule has 0 radical (unpaired) electrons. The Balaban J connectivity index is 1.55. The highest BCUT2D eigenvalue weighted by molar-refractivity contribution is 7.92. The minimum absolute atomic E-state index is 0.139. The molecule has 1 fully saturated rings. The smallest absolute Gasteiger partial charge is 0.261 e. The van der Waals surface area contributed by atoms with Crippen molar-refractivity contribution < 1.29 is 13.2 Å². The summed E-state index contributed by atoms with van der Waals surface area (Å²) in [5, 5.41) is 7.16. The van der Waals surface area contributed by atoms with Crippen LogP contribution >= 0.6 is 12.2 Å². The molecule has 2 heterocycles. The number of benzene rings is 2. The Morgan fingerprint density at radius 1 is 1.18 bits per heavy atom. The lowest BCUT2D eigenvalue weighted by Crippen LogP contribution is -2.16. The van der Waals surface area contributed by atoms with Crippen molar-refractivity contribution >= 4 is 27.9 Å². The van der Waals surface area contributed by atoms with Crippen molar-refractivity contribution in [1.29, 1.82) is 0 Å². The van der Waals surface area contributed by atoms with Gasteiger partial charge < -0.3 is 4.74 Å². The van der Waals surface area contributed by atoms with Crippen LogP contribution in [0.1, 0.15) is 12.8 Å². The van der Waals surface area contributed by atoms with E-state index >= 15 is 0 Å². The molecule has 0 spiro atoms. The van der Waals surface area contributed by atoms with Crippen molar-refractivity contribution in [3.05, 3.63) is 59.4 Å². The van der Waals surface area contributed by atoms with E-state index in [-0.39, 0.29) is 11.0 Å². The summed E-state index contributed by atoms with van der Waals surface area (Å²) in [6.45, 7) is 1.43. The third-order valence-corrected chi connectivity index (χ3v) is 6.33. The van der Waals surface area contributed by atoms with Crippen molar-refractivity contribution in [2.24, 2.45) is 0 Å². The molecule has 7 nitrogen and oxygen atoms in total. The number of ether oxygens (including phenoxy) is 1. The summed E-state index contributed by atoms with van der Waals surface area (Å²) in [5.74, 6) is 0.706. The summed E-state index contributed by atoms with van der Waals surface area (Å²) < 4.78 is 35.7. The van der Waals surface area contributed by atoms with Gasteiger partial charge in [-0.3, -0.25) is 14.4 Å². The Kier molecular flexibility index (Phi) is 5.29. The molecule has 2 N–H and O–H groups in total. The van der Waals surface area contributed by atoms with Gasteiger partial charge in [0.1, 0.15) is 0 Å². The lowest BCUT2D eigenvalue weighted by molar-refractivity contribution is 0.0970. The monoisotopic (exact) mass is 416 g/mol. The molecule has 0 bridgehead atoms. The highest BCUT2D eigenvalue weighted by atomic mass is 32.2. The maximum atomic E-state index is 12.4. The fraction of sp³-hybridized carbons (Fsp3) is 0.263. The Labute approximate surface area is 168 Å². The summed E-state index contributed by atoms with van der Waals surface area (Å²) in [5.41, 5.74) is 1.32. The van der Waals surface area contributed by atoms with Gasteiger partial charge in [0, 0.05) is 17.9 Å². The minimum atomic E-state index is -3.62. The fourth-order valence-electron chi connectivity index (χ4n) is 3.20. The molecule has 1 saturated heterocycles. The van der Waals surface area contributed by atoms with Gasteiger partial charge in [-0.05, 0) is 61.5 Å². The number of hydrogen-bond acceptors (Lipinski definition) is 5. The van der Waals surface area contributed by atoms with E-state index in [0.29, 0.717) is 22.8 Å². The zero-order valence-electron chi connectivity index (χ0n) is 15.0. The van der Waals surface area contributed by atoms with Crippen LogP contribution < -0.4 is 4.72 Å². The summed E-state index contributed by atoms with van der Waals surface area (Å²) in [6.07, 6.45) is 2.20. The van der Waals surface area contributed by atoms with Gasteiger partial charge in [0.15, 0.2) is 10.6 Å². The van der Waals surface area contributed by atoms with Gasteiger partial charge in [-0.15, -0.1) is 0 Å². The van der Waals surface area contributed by atoms with Gasteiger partial charge in [-0.1, -0.05) is 18.2 Å². The number of rotatable bonds is 6. The molecule has 1 unspecified atom stereocenters. The van der Waals surface area contributed by atoms with Crippen LogP contribution in [0.4, 0.5) is 5.69 Å². The molecular formula is C19H20N4O3S2. The Morgan fingerprint density at radius 2 is 1.93 bits per heavy atom. The standard InChI is InChI=1S/C19H20N4O3S2/c24-28(25,17-6-2-1-3-7-17)22-15-10-8-14(9-11-15)18-20-21-19(27)23(18)13-16-5-4-12-26-16/h1-3,6-11,16,22H,4-5,12-13H2,(H,21,27). The highest BCUT2D eigenvalue weighted by Gasteiger charge is 2.19. The molecule has 2 aromatic carbocycles. The van der Waals surface area contributed by atoms with E-state index in [2.05, 4.69) is 14.9 Å². The maximum Gasteiger partial charge on any atom is 0.261 e. The number of H-pyrrole nitrogens is 1. The second-order valence-electron chi connectivity index (χ2n) is 6.59. The Bertz CT molecular complexity index is 1100. The molecule has 146 valence electrons. The normalized spacial score (nSPS) is 16.9. The van der Waals surface area contributed by atoms with Crippen LogP contribution in [0.15, 0.2) is 59.5 Å². The van der Waals surface area contributed by atoms with Gasteiger partial charge in [-0.2, -0.15) is 5.10 Å². The SMILES string of the molecule is O=S(=O)(Nc1ccc(-c2n[nH]c(=S)n2CC2CCCO2)cc1)c1ccccc1. The first-order valence-electron chi connectivity index (χ1n) is 8.98. The molecule has 1 aliphatic rings. The Hall–Kier alpha value is -2.49. The first-order chi connectivity index (χ1) is 13.5. The van der Waals surface area contributed by atoms with E-state index in [1.165, 1.54) is 0 Å². The largest absolute Gasteiger partial charge is 0.376 e.